The van der Waals surface area contributed by atoms with Gasteiger partial charge in [-0.1, -0.05) is 13.8 Å². The van der Waals surface area contributed by atoms with Crippen LogP contribution in [-0.4, -0.2) is 48.3 Å². The number of carboxylic acid groups (broad SMARTS) is 1. The molecule has 1 aliphatic rings. The largest absolute Gasteiger partial charge is 0.481 e. The molecule has 0 atom stereocenters. The van der Waals surface area contributed by atoms with E-state index in [1.54, 1.807) is 0 Å². The number of nitrogens with zero attached hydrogens (tertiary/aromatic N) is 1. The Kier molecular flexibility index (Phi) is 6.52. The zero-order chi connectivity index (χ0) is 12.7. The lowest BCUT2D eigenvalue weighted by molar-refractivity contribution is -0.143. The number of rotatable bonds is 7. The number of aliphatic carboxylic acids is 1. The maximum Gasteiger partial charge on any atom is 0.306 e. The van der Waals surface area contributed by atoms with Crippen molar-refractivity contribution in [1.82, 2.24) is 4.90 Å². The molecule has 0 unspecified atom stereocenters. The van der Waals surface area contributed by atoms with Crippen LogP contribution < -0.4 is 0 Å². The minimum Gasteiger partial charge on any atom is -0.481 e. The second kappa shape index (κ2) is 7.67. The lowest BCUT2D eigenvalue weighted by Gasteiger charge is -2.27. The van der Waals surface area contributed by atoms with Crippen molar-refractivity contribution >= 4 is 5.97 Å². The quantitative estimate of drug-likeness (QED) is 0.743. The minimum atomic E-state index is -0.647. The van der Waals surface area contributed by atoms with Crippen molar-refractivity contribution in [2.24, 2.45) is 5.92 Å². The summed E-state index contributed by atoms with van der Waals surface area (Å²) in [6, 6.07) is 0. The van der Waals surface area contributed by atoms with E-state index in [0.29, 0.717) is 0 Å². The fourth-order valence-corrected chi connectivity index (χ4v) is 2.36. The molecule has 1 N–H and O–H groups in total. The first-order valence-electron chi connectivity index (χ1n) is 6.74. The summed E-state index contributed by atoms with van der Waals surface area (Å²) >= 11 is 0. The monoisotopic (exact) mass is 243 g/mol. The zero-order valence-corrected chi connectivity index (χ0v) is 11.0. The first kappa shape index (κ1) is 14.5. The van der Waals surface area contributed by atoms with Crippen molar-refractivity contribution in [1.29, 1.82) is 0 Å². The molecule has 0 saturated heterocycles. The van der Waals surface area contributed by atoms with Crippen LogP contribution in [0.1, 0.15) is 39.5 Å². The first-order valence-corrected chi connectivity index (χ1v) is 6.74. The number of likely N-dealkylation sites (N-methyl/N-ethyl adjacent to an activating group) is 1. The smallest absolute Gasteiger partial charge is 0.306 e. The highest BCUT2D eigenvalue weighted by Gasteiger charge is 2.26. The molecule has 0 bridgehead atoms. The van der Waals surface area contributed by atoms with Gasteiger partial charge >= 0.3 is 5.97 Å². The van der Waals surface area contributed by atoms with Crippen LogP contribution >= 0.6 is 0 Å². The van der Waals surface area contributed by atoms with Gasteiger partial charge in [0.15, 0.2) is 0 Å². The molecule has 1 aliphatic carbocycles. The second-order valence-corrected chi connectivity index (χ2v) is 4.71. The van der Waals surface area contributed by atoms with E-state index in [2.05, 4.69) is 18.7 Å². The number of hydrogen-bond acceptors (Lipinski definition) is 3. The van der Waals surface area contributed by atoms with Crippen molar-refractivity contribution in [2.75, 3.05) is 26.2 Å². The molecule has 0 heterocycles. The van der Waals surface area contributed by atoms with Crippen LogP contribution in [0.3, 0.4) is 0 Å². The highest BCUT2D eigenvalue weighted by Crippen LogP contribution is 2.26. The van der Waals surface area contributed by atoms with Gasteiger partial charge in [-0.3, -0.25) is 4.79 Å². The second-order valence-electron chi connectivity index (χ2n) is 4.71. The number of carbonyl (C=O) groups is 1. The van der Waals surface area contributed by atoms with Crippen molar-refractivity contribution in [3.63, 3.8) is 0 Å². The van der Waals surface area contributed by atoms with Crippen LogP contribution in [0.4, 0.5) is 0 Å². The Hall–Kier alpha value is -0.610. The van der Waals surface area contributed by atoms with Crippen LogP contribution in [0.2, 0.25) is 0 Å². The zero-order valence-electron chi connectivity index (χ0n) is 11.0. The van der Waals surface area contributed by atoms with Crippen LogP contribution in [0.15, 0.2) is 0 Å². The fraction of sp³-hybridized carbons (Fsp3) is 0.923. The summed E-state index contributed by atoms with van der Waals surface area (Å²) in [4.78, 5) is 13.1. The third kappa shape index (κ3) is 5.04. The molecule has 0 aromatic heterocycles. The molecule has 0 amide bonds. The van der Waals surface area contributed by atoms with Crippen LogP contribution in [0.25, 0.3) is 0 Å². The van der Waals surface area contributed by atoms with Crippen LogP contribution in [-0.2, 0) is 9.53 Å². The molecule has 17 heavy (non-hydrogen) atoms. The predicted octanol–water partition coefficient (Wildman–Crippen LogP) is 1.99. The Labute approximate surface area is 104 Å². The van der Waals surface area contributed by atoms with Crippen LogP contribution in [0.5, 0.6) is 0 Å². The Morgan fingerprint density at radius 1 is 1.24 bits per heavy atom. The van der Waals surface area contributed by atoms with Gasteiger partial charge in [0.2, 0.25) is 0 Å². The topological polar surface area (TPSA) is 49.8 Å². The molecule has 0 aromatic carbocycles. The Morgan fingerprint density at radius 3 is 2.29 bits per heavy atom. The summed E-state index contributed by atoms with van der Waals surface area (Å²) in [5.74, 6) is -0.788. The van der Waals surface area contributed by atoms with Crippen molar-refractivity contribution in [3.05, 3.63) is 0 Å². The molecular formula is C13H25NO3. The van der Waals surface area contributed by atoms with E-state index in [4.69, 9.17) is 9.84 Å². The first-order chi connectivity index (χ1) is 8.17. The summed E-state index contributed by atoms with van der Waals surface area (Å²) in [5, 5.41) is 8.89. The summed E-state index contributed by atoms with van der Waals surface area (Å²) < 4.78 is 5.81. The van der Waals surface area contributed by atoms with Crippen molar-refractivity contribution in [2.45, 2.75) is 45.6 Å². The molecule has 0 aliphatic heterocycles. The predicted molar refractivity (Wildman–Crippen MR) is 67.1 cm³/mol. The average molecular weight is 243 g/mol. The van der Waals surface area contributed by atoms with Gasteiger partial charge < -0.3 is 14.7 Å². The molecule has 1 saturated carbocycles. The molecule has 4 heteroatoms. The molecule has 0 spiro atoms. The van der Waals surface area contributed by atoms with Gasteiger partial charge in [-0.25, -0.2) is 0 Å². The van der Waals surface area contributed by atoms with E-state index in [9.17, 15) is 4.79 Å². The lowest BCUT2D eigenvalue weighted by atomic mass is 9.87. The summed E-state index contributed by atoms with van der Waals surface area (Å²) in [7, 11) is 0. The summed E-state index contributed by atoms with van der Waals surface area (Å²) in [5.41, 5.74) is 0. The maximum atomic E-state index is 10.8. The van der Waals surface area contributed by atoms with E-state index in [-0.39, 0.29) is 12.0 Å². The number of carboxylic acids is 1. The normalized spacial score (nSPS) is 25.1. The molecule has 4 nitrogen and oxygen atoms in total. The van der Waals surface area contributed by atoms with Gasteiger partial charge in [0.05, 0.1) is 18.6 Å². The highest BCUT2D eigenvalue weighted by molar-refractivity contribution is 5.69. The average Bonchev–Trinajstić information content (AvgIpc) is 2.35. The Balaban J connectivity index is 2.12. The van der Waals surface area contributed by atoms with Crippen molar-refractivity contribution < 1.29 is 14.6 Å². The fourth-order valence-electron chi connectivity index (χ4n) is 2.36. The van der Waals surface area contributed by atoms with Crippen LogP contribution in [0, 0.1) is 5.92 Å². The van der Waals surface area contributed by atoms with E-state index < -0.39 is 5.97 Å². The Morgan fingerprint density at radius 2 is 1.82 bits per heavy atom. The van der Waals surface area contributed by atoms with E-state index in [1.165, 1.54) is 0 Å². The summed E-state index contributed by atoms with van der Waals surface area (Å²) in [6.45, 7) is 8.18. The molecule has 0 radical (unpaired) electrons. The molecule has 1 rings (SSSR count). The molecular weight excluding hydrogens is 218 g/mol. The maximum absolute atomic E-state index is 10.8. The van der Waals surface area contributed by atoms with E-state index in [1.807, 2.05) is 0 Å². The van der Waals surface area contributed by atoms with Gasteiger partial charge in [-0.2, -0.15) is 0 Å². The minimum absolute atomic E-state index is 0.141. The third-order valence-corrected chi connectivity index (χ3v) is 3.68. The number of ether oxygens (including phenoxy) is 1. The highest BCUT2D eigenvalue weighted by atomic mass is 16.5. The van der Waals surface area contributed by atoms with E-state index in [0.717, 1.165) is 51.9 Å². The van der Waals surface area contributed by atoms with Gasteiger partial charge in [0.1, 0.15) is 0 Å². The number of hydrogen-bond donors (Lipinski definition) is 1. The van der Waals surface area contributed by atoms with Gasteiger partial charge in [-0.05, 0) is 38.8 Å². The standard InChI is InChI=1S/C13H25NO3/c1-3-14(4-2)9-10-17-12-7-5-11(6-8-12)13(15)16/h11-12H,3-10H2,1-2H3,(H,15,16). The van der Waals surface area contributed by atoms with Gasteiger partial charge in [-0.15, -0.1) is 0 Å². The Bertz CT molecular complexity index is 221. The van der Waals surface area contributed by atoms with Crippen molar-refractivity contribution in [3.8, 4) is 0 Å². The molecule has 100 valence electrons. The van der Waals surface area contributed by atoms with Gasteiger partial charge in [0, 0.05) is 6.54 Å². The lowest BCUT2D eigenvalue weighted by Crippen LogP contribution is -2.31. The van der Waals surface area contributed by atoms with E-state index >= 15 is 0 Å². The van der Waals surface area contributed by atoms with Gasteiger partial charge in [0.25, 0.3) is 0 Å². The molecule has 1 fully saturated rings. The summed E-state index contributed by atoms with van der Waals surface area (Å²) in [6.07, 6.45) is 3.61. The third-order valence-electron chi connectivity index (χ3n) is 3.68. The SMILES string of the molecule is CCN(CC)CCOC1CCC(C(=O)O)CC1. The molecule has 0 aromatic rings.